The van der Waals surface area contributed by atoms with Gasteiger partial charge >= 0.3 is 5.97 Å². The number of carboxylic acid groups (broad SMARTS) is 1. The Morgan fingerprint density at radius 3 is 2.71 bits per heavy atom. The van der Waals surface area contributed by atoms with Crippen molar-refractivity contribution in [3.05, 3.63) is 45.9 Å². The molecular weight excluding hydrogens is 286 g/mol. The summed E-state index contributed by atoms with van der Waals surface area (Å²) < 4.78 is 5.62. The first-order chi connectivity index (χ1) is 10.2. The predicted molar refractivity (Wildman–Crippen MR) is 83.3 cm³/mol. The van der Waals surface area contributed by atoms with Crippen molar-refractivity contribution in [2.75, 3.05) is 6.61 Å². The molecule has 0 spiro atoms. The van der Waals surface area contributed by atoms with Crippen molar-refractivity contribution in [1.82, 2.24) is 4.98 Å². The molecule has 0 aliphatic carbocycles. The second kappa shape index (κ2) is 7.78. The fourth-order valence-electron chi connectivity index (χ4n) is 2.01. The highest BCUT2D eigenvalue weighted by Crippen LogP contribution is 2.21. The predicted octanol–water partition coefficient (Wildman–Crippen LogP) is 3.81. The molecule has 0 bridgehead atoms. The lowest BCUT2D eigenvalue weighted by Crippen LogP contribution is -1.99. The molecule has 1 aromatic carbocycles. The molecule has 5 heteroatoms. The lowest BCUT2D eigenvalue weighted by Gasteiger charge is -2.04. The Morgan fingerprint density at radius 2 is 2.05 bits per heavy atom. The van der Waals surface area contributed by atoms with Crippen LogP contribution in [0.1, 0.15) is 40.1 Å². The third kappa shape index (κ3) is 4.56. The minimum absolute atomic E-state index is 0.385. The zero-order valence-corrected chi connectivity index (χ0v) is 12.9. The molecule has 0 amide bonds. The van der Waals surface area contributed by atoms with Gasteiger partial charge in [-0.1, -0.05) is 31.5 Å². The molecule has 0 aliphatic rings. The fraction of sp³-hybridized carbons (Fsp3) is 0.375. The number of hydrogen-bond donors (Lipinski definition) is 1. The average molecular weight is 305 g/mol. The van der Waals surface area contributed by atoms with Crippen LogP contribution in [0.3, 0.4) is 0 Å². The van der Waals surface area contributed by atoms with E-state index in [1.165, 1.54) is 11.3 Å². The summed E-state index contributed by atoms with van der Waals surface area (Å²) >= 11 is 1.29. The molecule has 1 N–H and O–H groups in total. The molecule has 2 aromatic rings. The van der Waals surface area contributed by atoms with Crippen LogP contribution in [0.4, 0.5) is 0 Å². The van der Waals surface area contributed by atoms with Gasteiger partial charge in [-0.3, -0.25) is 0 Å². The van der Waals surface area contributed by atoms with Crippen molar-refractivity contribution in [2.24, 2.45) is 0 Å². The van der Waals surface area contributed by atoms with E-state index in [4.69, 9.17) is 4.74 Å². The Balaban J connectivity index is 1.85. The molecule has 0 saturated heterocycles. The van der Waals surface area contributed by atoms with Crippen LogP contribution in [-0.4, -0.2) is 22.7 Å². The Morgan fingerprint density at radius 1 is 1.29 bits per heavy atom. The number of aromatic nitrogens is 1. The summed E-state index contributed by atoms with van der Waals surface area (Å²) in [5, 5.41) is 10.1. The van der Waals surface area contributed by atoms with E-state index in [1.807, 2.05) is 37.3 Å². The zero-order valence-electron chi connectivity index (χ0n) is 12.0. The Kier molecular flexibility index (Phi) is 5.75. The molecule has 1 aromatic heterocycles. The normalized spacial score (nSPS) is 10.5. The molecule has 0 unspecified atom stereocenters. The van der Waals surface area contributed by atoms with Gasteiger partial charge in [-0.2, -0.15) is 0 Å². The molecule has 0 saturated carbocycles. The maximum atomic E-state index is 11.2. The monoisotopic (exact) mass is 305 g/mol. The minimum atomic E-state index is -0.872. The van der Waals surface area contributed by atoms with Crippen LogP contribution >= 0.6 is 11.3 Å². The van der Waals surface area contributed by atoms with E-state index in [9.17, 15) is 9.90 Å². The second-order valence-corrected chi connectivity index (χ2v) is 5.79. The summed E-state index contributed by atoms with van der Waals surface area (Å²) in [7, 11) is 0. The van der Waals surface area contributed by atoms with Gasteiger partial charge in [-0.05, 0) is 25.0 Å². The van der Waals surface area contributed by atoms with E-state index in [0.29, 0.717) is 17.2 Å². The summed E-state index contributed by atoms with van der Waals surface area (Å²) in [6, 6.07) is 9.67. The fourth-order valence-corrected chi connectivity index (χ4v) is 3.00. The first-order valence-corrected chi connectivity index (χ1v) is 7.92. The number of carboxylic acids is 1. The number of carbonyl (C=O) groups is 1. The third-order valence-corrected chi connectivity index (χ3v) is 4.12. The summed E-state index contributed by atoms with van der Waals surface area (Å²) in [5.41, 5.74) is 0.717. The average Bonchev–Trinajstić information content (AvgIpc) is 2.88. The highest BCUT2D eigenvalue weighted by Gasteiger charge is 2.16. The SMILES string of the molecule is CCCc1nc(CCCOc2ccccc2)sc1C(=O)O. The Labute approximate surface area is 128 Å². The summed E-state index contributed by atoms with van der Waals surface area (Å²) in [6.45, 7) is 2.63. The summed E-state index contributed by atoms with van der Waals surface area (Å²) in [6.07, 6.45) is 3.20. The van der Waals surface area contributed by atoms with Gasteiger partial charge in [0.05, 0.1) is 17.3 Å². The van der Waals surface area contributed by atoms with Crippen LogP contribution in [0.2, 0.25) is 0 Å². The van der Waals surface area contributed by atoms with Gasteiger partial charge in [0, 0.05) is 6.42 Å². The lowest BCUT2D eigenvalue weighted by atomic mass is 10.2. The van der Waals surface area contributed by atoms with Crippen molar-refractivity contribution in [3.63, 3.8) is 0 Å². The van der Waals surface area contributed by atoms with Gasteiger partial charge in [0.1, 0.15) is 10.6 Å². The maximum Gasteiger partial charge on any atom is 0.347 e. The largest absolute Gasteiger partial charge is 0.494 e. The van der Waals surface area contributed by atoms with Gasteiger partial charge in [-0.15, -0.1) is 11.3 Å². The molecule has 4 nitrogen and oxygen atoms in total. The number of aryl methyl sites for hydroxylation is 2. The smallest absolute Gasteiger partial charge is 0.347 e. The van der Waals surface area contributed by atoms with Gasteiger partial charge in [0.25, 0.3) is 0 Å². The number of ether oxygens (including phenoxy) is 1. The summed E-state index contributed by atoms with van der Waals surface area (Å²) in [4.78, 5) is 16.0. The number of nitrogens with zero attached hydrogens (tertiary/aromatic N) is 1. The second-order valence-electron chi connectivity index (χ2n) is 4.70. The summed E-state index contributed by atoms with van der Waals surface area (Å²) in [5.74, 6) is -0.0164. The van der Waals surface area contributed by atoms with E-state index < -0.39 is 5.97 Å². The van der Waals surface area contributed by atoms with Gasteiger partial charge < -0.3 is 9.84 Å². The molecule has 0 fully saturated rings. The highest BCUT2D eigenvalue weighted by molar-refractivity contribution is 7.13. The van der Waals surface area contributed by atoms with E-state index in [-0.39, 0.29) is 0 Å². The zero-order chi connectivity index (χ0) is 15.1. The molecule has 112 valence electrons. The van der Waals surface area contributed by atoms with Crippen molar-refractivity contribution < 1.29 is 14.6 Å². The first kappa shape index (κ1) is 15.5. The molecule has 21 heavy (non-hydrogen) atoms. The number of benzene rings is 1. The quantitative estimate of drug-likeness (QED) is 0.753. The number of aromatic carboxylic acids is 1. The van der Waals surface area contributed by atoms with Crippen LogP contribution in [0.5, 0.6) is 5.75 Å². The van der Waals surface area contributed by atoms with E-state index in [2.05, 4.69) is 4.98 Å². The maximum absolute atomic E-state index is 11.2. The molecule has 0 atom stereocenters. The number of thiazole rings is 1. The highest BCUT2D eigenvalue weighted by atomic mass is 32.1. The molecule has 0 radical (unpaired) electrons. The van der Waals surface area contributed by atoms with Crippen molar-refractivity contribution in [1.29, 1.82) is 0 Å². The van der Waals surface area contributed by atoms with Crippen LogP contribution in [0.25, 0.3) is 0 Å². The Bertz CT molecular complexity index is 580. The number of para-hydroxylation sites is 1. The number of rotatable bonds is 8. The van der Waals surface area contributed by atoms with E-state index in [0.717, 1.165) is 36.4 Å². The van der Waals surface area contributed by atoms with Crippen LogP contribution in [-0.2, 0) is 12.8 Å². The van der Waals surface area contributed by atoms with E-state index >= 15 is 0 Å². The van der Waals surface area contributed by atoms with Gasteiger partial charge in [0.15, 0.2) is 0 Å². The van der Waals surface area contributed by atoms with Crippen molar-refractivity contribution >= 4 is 17.3 Å². The topological polar surface area (TPSA) is 59.4 Å². The van der Waals surface area contributed by atoms with Crippen molar-refractivity contribution in [3.8, 4) is 5.75 Å². The third-order valence-electron chi connectivity index (χ3n) is 2.97. The van der Waals surface area contributed by atoms with Crippen molar-refractivity contribution in [2.45, 2.75) is 32.6 Å². The van der Waals surface area contributed by atoms with Crippen LogP contribution in [0, 0.1) is 0 Å². The first-order valence-electron chi connectivity index (χ1n) is 7.10. The molecular formula is C16H19NO3S. The number of hydrogen-bond acceptors (Lipinski definition) is 4. The van der Waals surface area contributed by atoms with Crippen LogP contribution < -0.4 is 4.74 Å². The molecule has 2 rings (SSSR count). The van der Waals surface area contributed by atoms with Gasteiger partial charge in [-0.25, -0.2) is 9.78 Å². The minimum Gasteiger partial charge on any atom is -0.494 e. The van der Waals surface area contributed by atoms with E-state index in [1.54, 1.807) is 0 Å². The standard InChI is InChI=1S/C16H19NO3S/c1-2-7-13-15(16(18)19)21-14(17-13)10-6-11-20-12-8-4-3-5-9-12/h3-5,8-9H,2,6-7,10-11H2,1H3,(H,18,19). The van der Waals surface area contributed by atoms with Gasteiger partial charge in [0.2, 0.25) is 0 Å². The molecule has 0 aliphatic heterocycles. The van der Waals surface area contributed by atoms with Crippen LogP contribution in [0.15, 0.2) is 30.3 Å². The molecule has 1 heterocycles. The Hall–Kier alpha value is -1.88. The lowest BCUT2D eigenvalue weighted by molar-refractivity contribution is 0.0700.